The first kappa shape index (κ1) is 18.0. The van der Waals surface area contributed by atoms with Crippen LogP contribution in [0.4, 0.5) is 0 Å². The third kappa shape index (κ3) is 5.39. The first-order valence-corrected chi connectivity index (χ1v) is 7.41. The minimum atomic E-state index is -1.08. The number of carbonyl (C=O) groups is 2. The van der Waals surface area contributed by atoms with Crippen molar-refractivity contribution < 1.29 is 19.4 Å². The summed E-state index contributed by atoms with van der Waals surface area (Å²) in [5.41, 5.74) is -0.161. The molecule has 0 heterocycles. The van der Waals surface area contributed by atoms with Crippen LogP contribution in [0.3, 0.4) is 0 Å². The molecule has 0 radical (unpaired) electrons. The van der Waals surface area contributed by atoms with E-state index in [1.807, 2.05) is 45.0 Å². The lowest BCUT2D eigenvalue weighted by atomic mass is 9.89. The average Bonchev–Trinajstić information content (AvgIpc) is 2.37. The van der Waals surface area contributed by atoms with E-state index >= 15 is 0 Å². The van der Waals surface area contributed by atoms with Crippen molar-refractivity contribution in [3.8, 4) is 5.75 Å². The average molecular weight is 307 g/mol. The van der Waals surface area contributed by atoms with E-state index in [4.69, 9.17) is 9.84 Å². The third-order valence-electron chi connectivity index (χ3n) is 3.29. The van der Waals surface area contributed by atoms with Gasteiger partial charge in [0, 0.05) is 6.42 Å². The van der Waals surface area contributed by atoms with Gasteiger partial charge < -0.3 is 15.2 Å². The van der Waals surface area contributed by atoms with Gasteiger partial charge in [0.1, 0.15) is 5.75 Å². The molecule has 0 saturated heterocycles. The highest BCUT2D eigenvalue weighted by atomic mass is 16.5. The predicted octanol–water partition coefficient (Wildman–Crippen LogP) is 3.15. The highest BCUT2D eigenvalue weighted by Gasteiger charge is 2.30. The Hall–Kier alpha value is -2.04. The highest BCUT2D eigenvalue weighted by molar-refractivity contribution is 5.84. The number of hydrogen-bond acceptors (Lipinski definition) is 3. The molecule has 1 aromatic rings. The van der Waals surface area contributed by atoms with Gasteiger partial charge in [-0.2, -0.15) is 0 Å². The van der Waals surface area contributed by atoms with Gasteiger partial charge in [0.15, 0.2) is 0 Å². The van der Waals surface area contributed by atoms with E-state index in [0.717, 1.165) is 11.3 Å². The van der Waals surface area contributed by atoms with Crippen LogP contribution in [-0.2, 0) is 9.59 Å². The van der Waals surface area contributed by atoms with Gasteiger partial charge in [0.2, 0.25) is 5.91 Å². The lowest BCUT2D eigenvalue weighted by Gasteiger charge is -2.21. The molecule has 0 aliphatic carbocycles. The number of carbonyl (C=O) groups excluding carboxylic acids is 1. The molecule has 5 nitrogen and oxygen atoms in total. The molecule has 1 unspecified atom stereocenters. The Labute approximate surface area is 131 Å². The van der Waals surface area contributed by atoms with Crippen LogP contribution in [0, 0.1) is 5.41 Å². The maximum Gasteiger partial charge on any atom is 0.309 e. The summed E-state index contributed by atoms with van der Waals surface area (Å²) < 4.78 is 5.63. The van der Waals surface area contributed by atoms with Crippen molar-refractivity contribution in [2.75, 3.05) is 0 Å². The number of nitrogens with one attached hydrogen (secondary N) is 1. The van der Waals surface area contributed by atoms with Crippen LogP contribution in [0.25, 0.3) is 0 Å². The van der Waals surface area contributed by atoms with E-state index in [1.165, 1.54) is 13.8 Å². The summed E-state index contributed by atoms with van der Waals surface area (Å²) in [5, 5.41) is 11.9. The van der Waals surface area contributed by atoms with Crippen LogP contribution in [0.2, 0.25) is 0 Å². The standard InChI is InChI=1S/C17H25NO4/c1-11(2)22-14-8-6-7-13(9-14)12(3)18-15(19)10-17(4,5)16(20)21/h6-9,11-12H,10H2,1-5H3,(H,18,19)(H,20,21). The summed E-state index contributed by atoms with van der Waals surface area (Å²) >= 11 is 0. The van der Waals surface area contributed by atoms with Crippen molar-refractivity contribution in [2.24, 2.45) is 5.41 Å². The summed E-state index contributed by atoms with van der Waals surface area (Å²) in [6.07, 6.45) is 0.0194. The highest BCUT2D eigenvalue weighted by Crippen LogP contribution is 2.23. The second kappa shape index (κ2) is 7.29. The van der Waals surface area contributed by atoms with Gasteiger partial charge in [-0.15, -0.1) is 0 Å². The van der Waals surface area contributed by atoms with E-state index in [1.54, 1.807) is 0 Å². The number of amides is 1. The Balaban J connectivity index is 2.70. The number of rotatable bonds is 7. The zero-order valence-electron chi connectivity index (χ0n) is 13.8. The minimum absolute atomic E-state index is 0.0607. The molecular formula is C17H25NO4. The topological polar surface area (TPSA) is 75.6 Å². The summed E-state index contributed by atoms with van der Waals surface area (Å²) in [5.74, 6) is -0.517. The third-order valence-corrected chi connectivity index (χ3v) is 3.29. The largest absolute Gasteiger partial charge is 0.491 e. The lowest BCUT2D eigenvalue weighted by Crippen LogP contribution is -2.34. The number of ether oxygens (including phenoxy) is 1. The molecule has 1 aromatic carbocycles. The van der Waals surface area contributed by atoms with Crippen molar-refractivity contribution in [3.63, 3.8) is 0 Å². The normalized spacial score (nSPS) is 12.8. The molecule has 1 atom stereocenters. The van der Waals surface area contributed by atoms with Gasteiger partial charge in [0.25, 0.3) is 0 Å². The van der Waals surface area contributed by atoms with Crippen LogP contribution in [0.15, 0.2) is 24.3 Å². The zero-order valence-corrected chi connectivity index (χ0v) is 13.8. The Morgan fingerprint density at radius 3 is 2.45 bits per heavy atom. The summed E-state index contributed by atoms with van der Waals surface area (Å²) in [4.78, 5) is 23.1. The molecule has 0 aliphatic heterocycles. The van der Waals surface area contributed by atoms with Crippen molar-refractivity contribution in [2.45, 2.75) is 53.2 Å². The molecule has 1 amide bonds. The van der Waals surface area contributed by atoms with E-state index < -0.39 is 11.4 Å². The lowest BCUT2D eigenvalue weighted by molar-refractivity contribution is -0.149. The minimum Gasteiger partial charge on any atom is -0.491 e. The Morgan fingerprint density at radius 1 is 1.27 bits per heavy atom. The number of carboxylic acids is 1. The van der Waals surface area contributed by atoms with E-state index in [2.05, 4.69) is 5.32 Å². The van der Waals surface area contributed by atoms with E-state index in [-0.39, 0.29) is 24.5 Å². The summed E-state index contributed by atoms with van der Waals surface area (Å²) in [6.45, 7) is 8.84. The van der Waals surface area contributed by atoms with Crippen LogP contribution < -0.4 is 10.1 Å². The Bertz CT molecular complexity index is 537. The van der Waals surface area contributed by atoms with Crippen LogP contribution in [0.5, 0.6) is 5.75 Å². The fourth-order valence-corrected chi connectivity index (χ4v) is 1.98. The Morgan fingerprint density at radius 2 is 1.91 bits per heavy atom. The maximum atomic E-state index is 12.0. The van der Waals surface area contributed by atoms with Crippen molar-refractivity contribution >= 4 is 11.9 Å². The number of benzene rings is 1. The molecule has 0 spiro atoms. The van der Waals surface area contributed by atoms with E-state index in [9.17, 15) is 9.59 Å². The fourth-order valence-electron chi connectivity index (χ4n) is 1.98. The first-order chi connectivity index (χ1) is 10.1. The number of carboxylic acid groups (broad SMARTS) is 1. The number of hydrogen-bond donors (Lipinski definition) is 2. The van der Waals surface area contributed by atoms with Gasteiger partial charge in [0.05, 0.1) is 17.6 Å². The quantitative estimate of drug-likeness (QED) is 0.811. The molecule has 5 heteroatoms. The molecule has 0 fully saturated rings. The SMILES string of the molecule is CC(C)Oc1cccc(C(C)NC(=O)CC(C)(C)C(=O)O)c1. The van der Waals surface area contributed by atoms with Gasteiger partial charge >= 0.3 is 5.97 Å². The molecule has 0 bridgehead atoms. The molecule has 22 heavy (non-hydrogen) atoms. The van der Waals surface area contributed by atoms with Crippen molar-refractivity contribution in [3.05, 3.63) is 29.8 Å². The van der Waals surface area contributed by atoms with Crippen LogP contribution in [0.1, 0.15) is 52.6 Å². The second-order valence-electron chi connectivity index (χ2n) is 6.39. The van der Waals surface area contributed by atoms with E-state index in [0.29, 0.717) is 0 Å². The molecule has 2 N–H and O–H groups in total. The van der Waals surface area contributed by atoms with Crippen molar-refractivity contribution in [1.82, 2.24) is 5.32 Å². The van der Waals surface area contributed by atoms with Gasteiger partial charge in [-0.25, -0.2) is 0 Å². The molecule has 1 rings (SSSR count). The Kier molecular flexibility index (Phi) is 5.97. The molecule has 0 saturated carbocycles. The molecule has 122 valence electrons. The van der Waals surface area contributed by atoms with Crippen LogP contribution >= 0.6 is 0 Å². The van der Waals surface area contributed by atoms with Gasteiger partial charge in [-0.1, -0.05) is 12.1 Å². The second-order valence-corrected chi connectivity index (χ2v) is 6.39. The summed E-state index contributed by atoms with van der Waals surface area (Å²) in [7, 11) is 0. The molecule has 0 aliphatic rings. The predicted molar refractivity (Wildman–Crippen MR) is 84.8 cm³/mol. The molecule has 0 aromatic heterocycles. The zero-order chi connectivity index (χ0) is 16.9. The maximum absolute atomic E-state index is 12.0. The van der Waals surface area contributed by atoms with Gasteiger partial charge in [-0.3, -0.25) is 9.59 Å². The van der Waals surface area contributed by atoms with Crippen molar-refractivity contribution in [1.29, 1.82) is 0 Å². The smallest absolute Gasteiger partial charge is 0.309 e. The first-order valence-electron chi connectivity index (χ1n) is 7.41. The van der Waals surface area contributed by atoms with Crippen LogP contribution in [-0.4, -0.2) is 23.1 Å². The monoisotopic (exact) mass is 307 g/mol. The number of aliphatic carboxylic acids is 1. The molecular weight excluding hydrogens is 282 g/mol. The summed E-state index contributed by atoms with van der Waals surface area (Å²) in [6, 6.07) is 7.31. The van der Waals surface area contributed by atoms with Gasteiger partial charge in [-0.05, 0) is 52.3 Å². The fraction of sp³-hybridized carbons (Fsp3) is 0.529.